The third kappa shape index (κ3) is 4.26. The largest absolute Gasteiger partial charge is 0.497 e. The van der Waals surface area contributed by atoms with Gasteiger partial charge in [0.25, 0.3) is 5.91 Å². The van der Waals surface area contributed by atoms with Crippen LogP contribution in [0.15, 0.2) is 42.5 Å². The number of carbonyl (C=O) groups excluding carboxylic acids is 1. The highest BCUT2D eigenvalue weighted by Gasteiger charge is 2.18. The summed E-state index contributed by atoms with van der Waals surface area (Å²) in [5.74, 6) is 0.168. The first-order valence-corrected chi connectivity index (χ1v) is 7.79. The number of amides is 1. The Labute approximate surface area is 142 Å². The summed E-state index contributed by atoms with van der Waals surface area (Å²) in [4.78, 5) is 14.3. The molecule has 5 nitrogen and oxygen atoms in total. The van der Waals surface area contributed by atoms with Gasteiger partial charge in [0.05, 0.1) is 7.11 Å². The Bertz CT molecular complexity index is 714. The third-order valence-electron chi connectivity index (χ3n) is 3.83. The number of aliphatic hydroxyl groups excluding tert-OH is 1. The molecule has 0 saturated heterocycles. The maximum atomic E-state index is 12.2. The minimum atomic E-state index is -1.23. The van der Waals surface area contributed by atoms with Crippen molar-refractivity contribution in [2.45, 2.75) is 19.6 Å². The van der Waals surface area contributed by atoms with Crippen LogP contribution in [0.2, 0.25) is 0 Å². The first-order chi connectivity index (χ1) is 11.4. The van der Waals surface area contributed by atoms with Crippen LogP contribution in [0.25, 0.3) is 0 Å². The predicted octanol–water partition coefficient (Wildman–Crippen LogP) is 2.42. The molecule has 5 heteroatoms. The molecule has 1 atom stereocenters. The summed E-state index contributed by atoms with van der Waals surface area (Å²) in [5, 5.41) is 13.0. The van der Waals surface area contributed by atoms with E-state index in [1.54, 1.807) is 31.4 Å². The molecular weight excluding hydrogens is 304 g/mol. The fourth-order valence-corrected chi connectivity index (χ4v) is 2.48. The Morgan fingerprint density at radius 3 is 2.67 bits per heavy atom. The van der Waals surface area contributed by atoms with E-state index in [0.717, 1.165) is 16.8 Å². The standard InChI is InChI=1S/C19H24N2O3/c1-13-8-9-15(17(10-13)21(2)3)12-20-19(23)18(22)14-6-5-7-16(11-14)24-4/h5-11,18,22H,12H2,1-4H3,(H,20,23)/t18-/m0/s1. The van der Waals surface area contributed by atoms with E-state index in [1.807, 2.05) is 38.1 Å². The van der Waals surface area contributed by atoms with Gasteiger partial charge < -0.3 is 20.1 Å². The molecule has 2 rings (SSSR count). The van der Waals surface area contributed by atoms with Crippen molar-refractivity contribution < 1.29 is 14.6 Å². The smallest absolute Gasteiger partial charge is 0.253 e. The van der Waals surface area contributed by atoms with Crippen molar-refractivity contribution in [2.24, 2.45) is 0 Å². The van der Waals surface area contributed by atoms with Crippen LogP contribution in [0.3, 0.4) is 0 Å². The van der Waals surface area contributed by atoms with E-state index in [2.05, 4.69) is 11.4 Å². The van der Waals surface area contributed by atoms with E-state index >= 15 is 0 Å². The highest BCUT2D eigenvalue weighted by Crippen LogP contribution is 2.22. The number of methoxy groups -OCH3 is 1. The van der Waals surface area contributed by atoms with Gasteiger partial charge in [-0.25, -0.2) is 0 Å². The minimum absolute atomic E-state index is 0.355. The number of aryl methyl sites for hydroxylation is 1. The number of benzene rings is 2. The number of nitrogens with one attached hydrogen (secondary N) is 1. The van der Waals surface area contributed by atoms with E-state index in [4.69, 9.17) is 4.74 Å². The molecule has 0 unspecified atom stereocenters. The van der Waals surface area contributed by atoms with Crippen LogP contribution in [0.1, 0.15) is 22.8 Å². The molecule has 1 amide bonds. The van der Waals surface area contributed by atoms with Crippen molar-refractivity contribution in [3.63, 3.8) is 0 Å². The van der Waals surface area contributed by atoms with Crippen LogP contribution in [0.5, 0.6) is 5.75 Å². The number of aliphatic hydroxyl groups is 1. The summed E-state index contributed by atoms with van der Waals surface area (Å²) in [6.45, 7) is 2.38. The molecule has 0 heterocycles. The second kappa shape index (κ2) is 7.84. The van der Waals surface area contributed by atoms with Crippen LogP contribution in [0, 0.1) is 6.92 Å². The summed E-state index contributed by atoms with van der Waals surface area (Å²) in [6, 6.07) is 12.9. The fraction of sp³-hybridized carbons (Fsp3) is 0.316. The van der Waals surface area contributed by atoms with Crippen molar-refractivity contribution >= 4 is 11.6 Å². The monoisotopic (exact) mass is 328 g/mol. The van der Waals surface area contributed by atoms with E-state index in [0.29, 0.717) is 17.9 Å². The molecule has 0 aliphatic rings. The lowest BCUT2D eigenvalue weighted by Gasteiger charge is -2.19. The molecule has 2 N–H and O–H groups in total. The fourth-order valence-electron chi connectivity index (χ4n) is 2.48. The van der Waals surface area contributed by atoms with Crippen LogP contribution < -0.4 is 15.0 Å². The number of nitrogens with zero attached hydrogens (tertiary/aromatic N) is 1. The molecular formula is C19H24N2O3. The van der Waals surface area contributed by atoms with Crippen LogP contribution in [-0.2, 0) is 11.3 Å². The Morgan fingerprint density at radius 2 is 2.00 bits per heavy atom. The Morgan fingerprint density at radius 1 is 1.25 bits per heavy atom. The van der Waals surface area contributed by atoms with Gasteiger partial charge in [-0.1, -0.05) is 24.3 Å². The van der Waals surface area contributed by atoms with Crippen LogP contribution in [-0.4, -0.2) is 32.2 Å². The van der Waals surface area contributed by atoms with Crippen molar-refractivity contribution in [1.29, 1.82) is 0 Å². The lowest BCUT2D eigenvalue weighted by atomic mass is 10.1. The quantitative estimate of drug-likeness (QED) is 0.855. The molecule has 2 aromatic carbocycles. The molecule has 0 spiro atoms. The highest BCUT2D eigenvalue weighted by atomic mass is 16.5. The Kier molecular flexibility index (Phi) is 5.82. The highest BCUT2D eigenvalue weighted by molar-refractivity contribution is 5.82. The van der Waals surface area contributed by atoms with E-state index in [-0.39, 0.29) is 0 Å². The normalized spacial score (nSPS) is 11.7. The van der Waals surface area contributed by atoms with Gasteiger partial charge in [-0.3, -0.25) is 4.79 Å². The van der Waals surface area contributed by atoms with Gasteiger partial charge in [-0.2, -0.15) is 0 Å². The van der Waals surface area contributed by atoms with Crippen molar-refractivity contribution in [3.8, 4) is 5.75 Å². The van der Waals surface area contributed by atoms with Gasteiger partial charge in [0, 0.05) is 26.3 Å². The van der Waals surface area contributed by atoms with Gasteiger partial charge in [-0.05, 0) is 41.8 Å². The average molecular weight is 328 g/mol. The number of rotatable bonds is 6. The molecule has 24 heavy (non-hydrogen) atoms. The van der Waals surface area contributed by atoms with Gasteiger partial charge >= 0.3 is 0 Å². The number of carbonyl (C=O) groups is 1. The van der Waals surface area contributed by atoms with Gasteiger partial charge in [0.2, 0.25) is 0 Å². The van der Waals surface area contributed by atoms with E-state index in [1.165, 1.54) is 0 Å². The average Bonchev–Trinajstić information content (AvgIpc) is 2.59. The summed E-state index contributed by atoms with van der Waals surface area (Å²) < 4.78 is 5.12. The molecule has 0 bridgehead atoms. The maximum Gasteiger partial charge on any atom is 0.253 e. The molecule has 0 saturated carbocycles. The van der Waals surface area contributed by atoms with Gasteiger partial charge in [0.15, 0.2) is 6.10 Å². The zero-order valence-electron chi connectivity index (χ0n) is 14.5. The maximum absolute atomic E-state index is 12.2. The zero-order chi connectivity index (χ0) is 17.7. The number of hydrogen-bond donors (Lipinski definition) is 2. The van der Waals surface area contributed by atoms with E-state index < -0.39 is 12.0 Å². The molecule has 0 radical (unpaired) electrons. The molecule has 128 valence electrons. The van der Waals surface area contributed by atoms with Crippen molar-refractivity contribution in [2.75, 3.05) is 26.1 Å². The number of ether oxygens (including phenoxy) is 1. The summed E-state index contributed by atoms with van der Waals surface area (Å²) >= 11 is 0. The van der Waals surface area contributed by atoms with Crippen LogP contribution in [0.4, 0.5) is 5.69 Å². The lowest BCUT2D eigenvalue weighted by molar-refractivity contribution is -0.129. The van der Waals surface area contributed by atoms with Gasteiger partial charge in [-0.15, -0.1) is 0 Å². The molecule has 0 aromatic heterocycles. The summed E-state index contributed by atoms with van der Waals surface area (Å²) in [7, 11) is 5.47. The molecule has 0 aliphatic carbocycles. The molecule has 2 aromatic rings. The van der Waals surface area contributed by atoms with Gasteiger partial charge in [0.1, 0.15) is 5.75 Å². The number of hydrogen-bond acceptors (Lipinski definition) is 4. The van der Waals surface area contributed by atoms with Crippen molar-refractivity contribution in [3.05, 3.63) is 59.2 Å². The number of anilines is 1. The first-order valence-electron chi connectivity index (χ1n) is 7.79. The molecule has 0 fully saturated rings. The Hall–Kier alpha value is -2.53. The zero-order valence-corrected chi connectivity index (χ0v) is 14.5. The minimum Gasteiger partial charge on any atom is -0.497 e. The van der Waals surface area contributed by atoms with E-state index in [9.17, 15) is 9.90 Å². The first kappa shape index (κ1) is 17.8. The van der Waals surface area contributed by atoms with Crippen LogP contribution >= 0.6 is 0 Å². The summed E-state index contributed by atoms with van der Waals surface area (Å²) in [6.07, 6.45) is -1.23. The molecule has 0 aliphatic heterocycles. The SMILES string of the molecule is COc1cccc([C@H](O)C(=O)NCc2ccc(C)cc2N(C)C)c1. The second-order valence-corrected chi connectivity index (χ2v) is 5.92. The Balaban J connectivity index is 2.07. The third-order valence-corrected chi connectivity index (χ3v) is 3.83. The second-order valence-electron chi connectivity index (χ2n) is 5.92. The lowest BCUT2D eigenvalue weighted by Crippen LogP contribution is -2.29. The van der Waals surface area contributed by atoms with Crippen molar-refractivity contribution in [1.82, 2.24) is 5.32 Å². The topological polar surface area (TPSA) is 61.8 Å². The predicted molar refractivity (Wildman–Crippen MR) is 95.3 cm³/mol. The summed E-state index contributed by atoms with van der Waals surface area (Å²) in [5.41, 5.74) is 3.71.